The van der Waals surface area contributed by atoms with E-state index in [0.717, 1.165) is 11.3 Å². The second-order valence-corrected chi connectivity index (χ2v) is 5.43. The lowest BCUT2D eigenvalue weighted by atomic mass is 10.0. The van der Waals surface area contributed by atoms with E-state index < -0.39 is 0 Å². The standard InChI is InChI=1S/C14H18O3S/c1-9(2)5-12(18)8-11(15)6-10-3-4-13(16)14(17)7-10/h3-4,7,9,16-17H,5-6,8H2,1-2H3. The van der Waals surface area contributed by atoms with E-state index in [9.17, 15) is 9.90 Å². The zero-order chi connectivity index (χ0) is 13.7. The van der Waals surface area contributed by atoms with Gasteiger partial charge >= 0.3 is 0 Å². The van der Waals surface area contributed by atoms with Crippen molar-refractivity contribution in [2.24, 2.45) is 5.92 Å². The second kappa shape index (κ2) is 6.50. The Kier molecular flexibility index (Phi) is 5.28. The summed E-state index contributed by atoms with van der Waals surface area (Å²) in [4.78, 5) is 12.5. The van der Waals surface area contributed by atoms with Crippen molar-refractivity contribution in [3.63, 3.8) is 0 Å². The largest absolute Gasteiger partial charge is 0.504 e. The number of hydrogen-bond donors (Lipinski definition) is 2. The van der Waals surface area contributed by atoms with Crippen LogP contribution in [0.25, 0.3) is 0 Å². The summed E-state index contributed by atoms with van der Waals surface area (Å²) >= 11 is 5.16. The van der Waals surface area contributed by atoms with Gasteiger partial charge in [0.05, 0.1) is 0 Å². The van der Waals surface area contributed by atoms with Gasteiger partial charge in [0.2, 0.25) is 0 Å². The number of carbonyl (C=O) groups is 1. The molecule has 0 saturated heterocycles. The molecule has 2 N–H and O–H groups in total. The molecule has 0 heterocycles. The molecule has 0 atom stereocenters. The van der Waals surface area contributed by atoms with Gasteiger partial charge in [0.1, 0.15) is 5.78 Å². The van der Waals surface area contributed by atoms with Crippen molar-refractivity contribution in [3.05, 3.63) is 23.8 Å². The zero-order valence-corrected chi connectivity index (χ0v) is 11.5. The highest BCUT2D eigenvalue weighted by molar-refractivity contribution is 7.80. The predicted octanol–water partition coefficient (Wildman–Crippen LogP) is 3.02. The fraction of sp³-hybridized carbons (Fsp3) is 0.429. The molecule has 0 fully saturated rings. The average molecular weight is 266 g/mol. The number of carbonyl (C=O) groups excluding carboxylic acids is 1. The van der Waals surface area contributed by atoms with Crippen molar-refractivity contribution in [1.29, 1.82) is 0 Å². The maximum absolute atomic E-state index is 11.8. The Morgan fingerprint density at radius 3 is 2.50 bits per heavy atom. The molecule has 1 rings (SSSR count). The summed E-state index contributed by atoms with van der Waals surface area (Å²) in [5.41, 5.74) is 0.683. The molecule has 0 saturated carbocycles. The van der Waals surface area contributed by atoms with E-state index in [-0.39, 0.29) is 23.7 Å². The van der Waals surface area contributed by atoms with Gasteiger partial charge in [-0.05, 0) is 30.0 Å². The van der Waals surface area contributed by atoms with Crippen LogP contribution in [0.2, 0.25) is 0 Å². The number of Topliss-reactive ketones (excluding diaryl/α,β-unsaturated/α-hetero) is 1. The summed E-state index contributed by atoms with van der Waals surface area (Å²) < 4.78 is 0. The first-order valence-corrected chi connectivity index (χ1v) is 6.33. The highest BCUT2D eigenvalue weighted by Gasteiger charge is 2.10. The Bertz CT molecular complexity index is 452. The van der Waals surface area contributed by atoms with Crippen molar-refractivity contribution < 1.29 is 15.0 Å². The SMILES string of the molecule is CC(C)CC(=S)CC(=O)Cc1ccc(O)c(O)c1. The van der Waals surface area contributed by atoms with Crippen molar-refractivity contribution in [3.8, 4) is 11.5 Å². The van der Waals surface area contributed by atoms with Crippen LogP contribution in [-0.4, -0.2) is 20.9 Å². The molecule has 0 aliphatic rings. The van der Waals surface area contributed by atoms with Gasteiger partial charge in [0.25, 0.3) is 0 Å². The van der Waals surface area contributed by atoms with Gasteiger partial charge in [-0.15, -0.1) is 0 Å². The molecule has 0 aliphatic heterocycles. The first-order chi connectivity index (χ1) is 8.38. The quantitative estimate of drug-likeness (QED) is 0.614. The van der Waals surface area contributed by atoms with E-state index in [2.05, 4.69) is 13.8 Å². The maximum atomic E-state index is 11.8. The monoisotopic (exact) mass is 266 g/mol. The molecule has 3 nitrogen and oxygen atoms in total. The van der Waals surface area contributed by atoms with Crippen molar-refractivity contribution in [2.45, 2.75) is 33.1 Å². The number of ketones is 1. The van der Waals surface area contributed by atoms with Gasteiger partial charge in [-0.1, -0.05) is 32.1 Å². The molecule has 0 spiro atoms. The fourth-order valence-corrected chi connectivity index (χ4v) is 2.21. The van der Waals surface area contributed by atoms with Gasteiger partial charge in [-0.25, -0.2) is 0 Å². The summed E-state index contributed by atoms with van der Waals surface area (Å²) in [6.07, 6.45) is 1.31. The number of rotatable bonds is 6. The molecule has 0 aliphatic carbocycles. The lowest BCUT2D eigenvalue weighted by molar-refractivity contribution is -0.117. The molecule has 0 radical (unpaired) electrons. The predicted molar refractivity (Wildman–Crippen MR) is 75.2 cm³/mol. The first-order valence-electron chi connectivity index (χ1n) is 5.92. The van der Waals surface area contributed by atoms with Gasteiger partial charge in [-0.3, -0.25) is 4.79 Å². The summed E-state index contributed by atoms with van der Waals surface area (Å²) in [7, 11) is 0. The topological polar surface area (TPSA) is 57.5 Å². The van der Waals surface area contributed by atoms with Crippen molar-refractivity contribution in [2.75, 3.05) is 0 Å². The Morgan fingerprint density at radius 2 is 1.94 bits per heavy atom. The number of thiocarbonyl (C=S) groups is 1. The van der Waals surface area contributed by atoms with E-state index in [1.165, 1.54) is 12.1 Å². The normalized spacial score (nSPS) is 10.6. The number of aromatic hydroxyl groups is 2. The third kappa shape index (κ3) is 4.84. The molecule has 0 aromatic heterocycles. The van der Waals surface area contributed by atoms with Crippen LogP contribution >= 0.6 is 12.2 Å². The minimum atomic E-state index is -0.204. The highest BCUT2D eigenvalue weighted by atomic mass is 32.1. The third-order valence-electron chi connectivity index (χ3n) is 2.47. The van der Waals surface area contributed by atoms with Gasteiger partial charge in [0, 0.05) is 17.7 Å². The van der Waals surface area contributed by atoms with Gasteiger partial charge in [0.15, 0.2) is 11.5 Å². The van der Waals surface area contributed by atoms with E-state index in [0.29, 0.717) is 17.9 Å². The van der Waals surface area contributed by atoms with Gasteiger partial charge in [-0.2, -0.15) is 0 Å². The Morgan fingerprint density at radius 1 is 1.28 bits per heavy atom. The maximum Gasteiger partial charge on any atom is 0.157 e. The Hall–Kier alpha value is -1.42. The minimum Gasteiger partial charge on any atom is -0.504 e. The van der Waals surface area contributed by atoms with Crippen LogP contribution in [0.15, 0.2) is 18.2 Å². The number of phenols is 2. The van der Waals surface area contributed by atoms with E-state index in [4.69, 9.17) is 17.3 Å². The summed E-state index contributed by atoms with van der Waals surface area (Å²) in [6, 6.07) is 4.40. The summed E-state index contributed by atoms with van der Waals surface area (Å²) in [5, 5.41) is 18.5. The van der Waals surface area contributed by atoms with Crippen LogP contribution in [-0.2, 0) is 11.2 Å². The van der Waals surface area contributed by atoms with Crippen LogP contribution in [0.5, 0.6) is 11.5 Å². The highest BCUT2D eigenvalue weighted by Crippen LogP contribution is 2.25. The van der Waals surface area contributed by atoms with Crippen LogP contribution in [0, 0.1) is 5.92 Å². The first kappa shape index (κ1) is 14.6. The molecule has 1 aromatic carbocycles. The van der Waals surface area contributed by atoms with E-state index >= 15 is 0 Å². The zero-order valence-electron chi connectivity index (χ0n) is 10.6. The summed E-state index contributed by atoms with van der Waals surface area (Å²) in [5.74, 6) is 0.111. The molecular weight excluding hydrogens is 248 g/mol. The van der Waals surface area contributed by atoms with Crippen molar-refractivity contribution in [1.82, 2.24) is 0 Å². The van der Waals surface area contributed by atoms with E-state index in [1.807, 2.05) is 0 Å². The minimum absolute atomic E-state index is 0.0331. The lowest BCUT2D eigenvalue weighted by Gasteiger charge is -2.06. The molecule has 1 aromatic rings. The molecule has 98 valence electrons. The van der Waals surface area contributed by atoms with Gasteiger partial charge < -0.3 is 10.2 Å². The molecule has 0 amide bonds. The molecule has 0 bridgehead atoms. The average Bonchev–Trinajstić information content (AvgIpc) is 2.21. The van der Waals surface area contributed by atoms with Crippen LogP contribution in [0.3, 0.4) is 0 Å². The summed E-state index contributed by atoms with van der Waals surface area (Å²) in [6.45, 7) is 4.13. The smallest absolute Gasteiger partial charge is 0.157 e. The number of benzene rings is 1. The van der Waals surface area contributed by atoms with Crippen LogP contribution in [0.1, 0.15) is 32.3 Å². The number of phenolic OH excluding ortho intramolecular Hbond substituents is 2. The molecular formula is C14H18O3S. The molecule has 18 heavy (non-hydrogen) atoms. The second-order valence-electron chi connectivity index (χ2n) is 4.85. The van der Waals surface area contributed by atoms with Crippen LogP contribution in [0.4, 0.5) is 0 Å². The van der Waals surface area contributed by atoms with E-state index in [1.54, 1.807) is 6.07 Å². The Labute approximate surface area is 112 Å². The van der Waals surface area contributed by atoms with Crippen LogP contribution < -0.4 is 0 Å². The lowest BCUT2D eigenvalue weighted by Crippen LogP contribution is -2.10. The molecule has 4 heteroatoms. The Balaban J connectivity index is 2.54. The fourth-order valence-electron chi connectivity index (χ4n) is 1.72. The van der Waals surface area contributed by atoms with Crippen molar-refractivity contribution >= 4 is 22.9 Å². The molecule has 0 unspecified atom stereocenters. The number of hydrogen-bond acceptors (Lipinski definition) is 4. The third-order valence-corrected chi connectivity index (χ3v) is 2.78.